The number of anilines is 3. The molecule has 0 fully saturated rings. The van der Waals surface area contributed by atoms with Gasteiger partial charge in [0, 0.05) is 39.3 Å². The molecule has 0 spiro atoms. The second-order valence-electron chi connectivity index (χ2n) is 15.3. The smallest absolute Gasteiger partial charge is 0.137 e. The van der Waals surface area contributed by atoms with Crippen molar-refractivity contribution in [3.05, 3.63) is 218 Å². The maximum absolute atomic E-state index is 6.77. The molecule has 0 aliphatic carbocycles. The van der Waals surface area contributed by atoms with Gasteiger partial charge >= 0.3 is 0 Å². The average Bonchev–Trinajstić information content (AvgIpc) is 3.85. The number of furan rings is 1. The van der Waals surface area contributed by atoms with Crippen molar-refractivity contribution in [2.75, 3.05) is 4.90 Å². The van der Waals surface area contributed by atoms with Gasteiger partial charge in [-0.05, 0) is 111 Å². The van der Waals surface area contributed by atoms with Crippen molar-refractivity contribution in [2.24, 2.45) is 0 Å². The molecule has 0 bridgehead atoms. The van der Waals surface area contributed by atoms with Crippen molar-refractivity contribution in [1.82, 2.24) is 4.57 Å². The third-order valence-electron chi connectivity index (χ3n) is 12.0. The van der Waals surface area contributed by atoms with Crippen LogP contribution in [0.1, 0.15) is 0 Å². The Morgan fingerprint density at radius 3 is 1.66 bits per heavy atom. The molecule has 12 rings (SSSR count). The Labute approximate surface area is 341 Å². The zero-order chi connectivity index (χ0) is 38.9. The van der Waals surface area contributed by atoms with Gasteiger partial charge in [0.2, 0.25) is 0 Å². The Hall–Kier alpha value is -7.88. The maximum atomic E-state index is 6.77. The van der Waals surface area contributed by atoms with E-state index in [0.29, 0.717) is 0 Å². The maximum Gasteiger partial charge on any atom is 0.137 e. The van der Waals surface area contributed by atoms with Gasteiger partial charge in [-0.15, -0.1) is 0 Å². The summed E-state index contributed by atoms with van der Waals surface area (Å²) in [6.07, 6.45) is 0. The zero-order valence-electron chi connectivity index (χ0n) is 32.1. The molecule has 276 valence electrons. The van der Waals surface area contributed by atoms with Gasteiger partial charge in [0.1, 0.15) is 11.2 Å². The second kappa shape index (κ2) is 13.4. The Balaban J connectivity index is 1.00. The van der Waals surface area contributed by atoms with Crippen LogP contribution in [-0.4, -0.2) is 4.57 Å². The van der Waals surface area contributed by atoms with Crippen molar-refractivity contribution < 1.29 is 4.42 Å². The highest BCUT2D eigenvalue weighted by Crippen LogP contribution is 2.43. The van der Waals surface area contributed by atoms with E-state index in [2.05, 4.69) is 228 Å². The minimum absolute atomic E-state index is 0.843. The minimum atomic E-state index is 0.843. The van der Waals surface area contributed by atoms with Crippen LogP contribution >= 0.6 is 0 Å². The number of para-hydroxylation sites is 2. The van der Waals surface area contributed by atoms with Crippen molar-refractivity contribution >= 4 is 82.4 Å². The fraction of sp³-hybridized carbons (Fsp3) is 0. The molecule has 0 saturated heterocycles. The van der Waals surface area contributed by atoms with E-state index in [1.165, 1.54) is 65.6 Å². The molecule has 0 aliphatic heterocycles. The number of benzene rings is 10. The van der Waals surface area contributed by atoms with Crippen molar-refractivity contribution in [3.8, 4) is 27.9 Å². The van der Waals surface area contributed by atoms with Gasteiger partial charge in [-0.3, -0.25) is 0 Å². The molecule has 2 heterocycles. The molecule has 0 aliphatic rings. The second-order valence-corrected chi connectivity index (χ2v) is 15.3. The van der Waals surface area contributed by atoms with Gasteiger partial charge in [-0.2, -0.15) is 0 Å². The van der Waals surface area contributed by atoms with Crippen LogP contribution in [0.15, 0.2) is 223 Å². The van der Waals surface area contributed by atoms with Crippen LogP contribution in [0.25, 0.3) is 93.2 Å². The zero-order valence-corrected chi connectivity index (χ0v) is 32.1. The molecule has 0 saturated carbocycles. The van der Waals surface area contributed by atoms with Gasteiger partial charge in [0.15, 0.2) is 0 Å². The van der Waals surface area contributed by atoms with Crippen molar-refractivity contribution in [3.63, 3.8) is 0 Å². The largest absolute Gasteiger partial charge is 0.456 e. The summed E-state index contributed by atoms with van der Waals surface area (Å²) in [7, 11) is 0. The first-order chi connectivity index (χ1) is 29.2. The molecule has 0 atom stereocenters. The lowest BCUT2D eigenvalue weighted by molar-refractivity contribution is 0.669. The van der Waals surface area contributed by atoms with Gasteiger partial charge in [-0.1, -0.05) is 146 Å². The molecule has 3 nitrogen and oxygen atoms in total. The lowest BCUT2D eigenvalue weighted by atomic mass is 9.98. The Bertz CT molecular complexity index is 3500. The summed E-state index contributed by atoms with van der Waals surface area (Å²) in [5.41, 5.74) is 13.1. The van der Waals surface area contributed by atoms with Crippen LogP contribution in [0.4, 0.5) is 17.1 Å². The molecular weight excluding hydrogens is 717 g/mol. The van der Waals surface area contributed by atoms with Crippen LogP contribution in [-0.2, 0) is 0 Å². The first-order valence-electron chi connectivity index (χ1n) is 20.2. The topological polar surface area (TPSA) is 21.3 Å². The fourth-order valence-electron chi connectivity index (χ4n) is 9.19. The van der Waals surface area contributed by atoms with E-state index in [1.807, 2.05) is 0 Å². The first kappa shape index (κ1) is 33.3. The molecule has 10 aromatic carbocycles. The molecule has 2 aromatic heterocycles. The lowest BCUT2D eigenvalue weighted by Gasteiger charge is -2.26. The highest BCUT2D eigenvalue weighted by atomic mass is 16.3. The quantitative estimate of drug-likeness (QED) is 0.169. The van der Waals surface area contributed by atoms with E-state index >= 15 is 0 Å². The molecule has 12 aromatic rings. The lowest BCUT2D eigenvalue weighted by Crippen LogP contribution is -2.09. The molecule has 3 heteroatoms. The summed E-state index contributed by atoms with van der Waals surface area (Å²) in [5.74, 6) is 0. The van der Waals surface area contributed by atoms with Crippen LogP contribution < -0.4 is 4.90 Å². The van der Waals surface area contributed by atoms with E-state index in [9.17, 15) is 0 Å². The van der Waals surface area contributed by atoms with Crippen LogP contribution in [0, 0.1) is 0 Å². The van der Waals surface area contributed by atoms with Crippen LogP contribution in [0.2, 0.25) is 0 Å². The third-order valence-corrected chi connectivity index (χ3v) is 12.0. The summed E-state index contributed by atoms with van der Waals surface area (Å²) < 4.78 is 9.15. The summed E-state index contributed by atoms with van der Waals surface area (Å²) in [6, 6.07) is 78.6. The third kappa shape index (κ3) is 5.44. The Morgan fingerprint density at radius 1 is 0.339 bits per heavy atom. The molecule has 0 N–H and O–H groups in total. The highest BCUT2D eigenvalue weighted by Gasteiger charge is 2.20. The van der Waals surface area contributed by atoms with E-state index < -0.39 is 0 Å². The number of nitrogens with zero attached hydrogens (tertiary/aromatic N) is 2. The monoisotopic (exact) mass is 752 g/mol. The first-order valence-corrected chi connectivity index (χ1v) is 20.2. The summed E-state index contributed by atoms with van der Waals surface area (Å²) >= 11 is 0. The Morgan fingerprint density at radius 2 is 0.915 bits per heavy atom. The van der Waals surface area contributed by atoms with Gasteiger partial charge in [-0.25, -0.2) is 0 Å². The predicted molar refractivity (Wildman–Crippen MR) is 249 cm³/mol. The molecule has 0 amide bonds. The molecule has 59 heavy (non-hydrogen) atoms. The van der Waals surface area contributed by atoms with E-state index in [0.717, 1.165) is 44.7 Å². The number of hydrogen-bond acceptors (Lipinski definition) is 2. The number of fused-ring (bicyclic) bond motifs is 8. The van der Waals surface area contributed by atoms with Gasteiger partial charge in [0.25, 0.3) is 0 Å². The number of hydrogen-bond donors (Lipinski definition) is 0. The molecular formula is C56H36N2O. The summed E-state index contributed by atoms with van der Waals surface area (Å²) in [4.78, 5) is 2.33. The number of aromatic nitrogens is 1. The van der Waals surface area contributed by atoms with E-state index in [-0.39, 0.29) is 0 Å². The average molecular weight is 753 g/mol. The van der Waals surface area contributed by atoms with Crippen molar-refractivity contribution in [2.45, 2.75) is 0 Å². The number of rotatable bonds is 6. The predicted octanol–water partition coefficient (Wildman–Crippen LogP) is 15.8. The summed E-state index contributed by atoms with van der Waals surface area (Å²) in [5, 5.41) is 9.64. The normalized spacial score (nSPS) is 11.7. The van der Waals surface area contributed by atoms with Crippen molar-refractivity contribution in [1.29, 1.82) is 0 Å². The van der Waals surface area contributed by atoms with E-state index in [1.54, 1.807) is 0 Å². The Kier molecular flexibility index (Phi) is 7.54. The standard InChI is InChI=1S/C56H36N2O/c1-2-13-41-35-42(24-23-37(41)11-1)38-25-29-43(30-26-38)57(44-31-27-40(28-32-44)47-18-9-14-39-12-3-4-15-46(39)47)45-33-34-50-55(36-45)59-54-22-10-21-53(56(50)54)58-51-19-7-5-16-48(51)49-17-6-8-20-52(49)58/h1-36H. The highest BCUT2D eigenvalue weighted by molar-refractivity contribution is 6.15. The molecule has 0 radical (unpaired) electrons. The van der Waals surface area contributed by atoms with E-state index in [4.69, 9.17) is 4.42 Å². The molecule has 0 unspecified atom stereocenters. The van der Waals surface area contributed by atoms with Gasteiger partial charge < -0.3 is 13.9 Å². The van der Waals surface area contributed by atoms with Crippen LogP contribution in [0.5, 0.6) is 0 Å². The summed E-state index contributed by atoms with van der Waals surface area (Å²) in [6.45, 7) is 0. The SMILES string of the molecule is c1ccc2cc(-c3ccc(N(c4ccc(-c5cccc6ccccc56)cc4)c4ccc5c(c4)oc4cccc(-n6c7ccccc7c7ccccc76)c45)cc3)ccc2c1. The minimum Gasteiger partial charge on any atom is -0.456 e. The van der Waals surface area contributed by atoms with Crippen LogP contribution in [0.3, 0.4) is 0 Å². The van der Waals surface area contributed by atoms with Gasteiger partial charge in [0.05, 0.1) is 22.1 Å². The fourth-order valence-corrected chi connectivity index (χ4v) is 9.19.